The second-order valence-electron chi connectivity index (χ2n) is 0.572. The van der Waals surface area contributed by atoms with Crippen LogP contribution in [0.3, 0.4) is 0 Å². The molecule has 0 aliphatic heterocycles. The molecule has 0 aromatic rings. The summed E-state index contributed by atoms with van der Waals surface area (Å²) in [5, 5.41) is 0. The van der Waals surface area contributed by atoms with Crippen molar-refractivity contribution in [3.8, 4) is 0 Å². The second-order valence-corrected chi connectivity index (χ2v) is 3.63. The third kappa shape index (κ3) is 4.46. The van der Waals surface area contributed by atoms with Crippen LogP contribution < -0.4 is 0 Å². The van der Waals surface area contributed by atoms with Gasteiger partial charge in [-0.25, -0.2) is 4.57 Å². The first kappa shape index (κ1) is 6.46. The molecule has 6 heteroatoms. The Morgan fingerprint density at radius 3 is 1.67 bits per heavy atom. The van der Waals surface area contributed by atoms with Crippen molar-refractivity contribution in [2.75, 3.05) is 0 Å². The van der Waals surface area contributed by atoms with Gasteiger partial charge < -0.3 is 14.3 Å². The molecule has 0 aromatic heterocycles. The van der Waals surface area contributed by atoms with Crippen molar-refractivity contribution in [1.29, 1.82) is 0 Å². The highest BCUT2D eigenvalue weighted by molar-refractivity contribution is 8.51. The van der Waals surface area contributed by atoms with E-state index in [-0.39, 0.29) is 0 Å². The molecule has 0 fully saturated rings. The van der Waals surface area contributed by atoms with E-state index in [9.17, 15) is 4.57 Å². The molecule has 0 heterocycles. The minimum atomic E-state index is -4.17. The van der Waals surface area contributed by atoms with E-state index in [4.69, 9.17) is 14.3 Å². The van der Waals surface area contributed by atoms with Crippen molar-refractivity contribution in [2.24, 2.45) is 0 Å². The molecule has 0 aliphatic carbocycles. The highest BCUT2D eigenvalue weighted by atomic mass is 32.7. The molecule has 0 aliphatic rings. The van der Waals surface area contributed by atoms with E-state index in [0.29, 0.717) is 0 Å². The zero-order chi connectivity index (χ0) is 5.21. The van der Waals surface area contributed by atoms with Crippen LogP contribution in [0.1, 0.15) is 0 Å². The molecule has 0 radical (unpaired) electrons. The summed E-state index contributed by atoms with van der Waals surface area (Å²) in [5.41, 5.74) is 0. The van der Waals surface area contributed by atoms with Gasteiger partial charge in [-0.3, -0.25) is 0 Å². The Labute approximate surface area is 38.3 Å². The van der Waals surface area contributed by atoms with Gasteiger partial charge in [0.1, 0.15) is 11.7 Å². The Kier molecular flexibility index (Phi) is 2.10. The summed E-state index contributed by atoms with van der Waals surface area (Å²) in [7, 11) is 0. The van der Waals surface area contributed by atoms with Gasteiger partial charge in [0.25, 0.3) is 0 Å². The molecule has 6 heavy (non-hydrogen) atoms. The van der Waals surface area contributed by atoms with Crippen molar-refractivity contribution in [3.63, 3.8) is 0 Å². The van der Waals surface area contributed by atoms with Crippen LogP contribution in [0, 0.1) is 0 Å². The highest BCUT2D eigenvalue weighted by Gasteiger charge is 2.09. The van der Waals surface area contributed by atoms with Gasteiger partial charge in [0.15, 0.2) is 0 Å². The summed E-state index contributed by atoms with van der Waals surface area (Å²) in [4.78, 5) is 15.3. The summed E-state index contributed by atoms with van der Waals surface area (Å²) in [5.74, 6) is 0. The van der Waals surface area contributed by atoms with Gasteiger partial charge in [0.2, 0.25) is 0 Å². The van der Waals surface area contributed by atoms with Crippen LogP contribution in [0.25, 0.3) is 0 Å². The molecule has 0 spiro atoms. The maximum absolute atomic E-state index is 9.41. The van der Waals surface area contributed by atoms with E-state index in [0.717, 1.165) is 0 Å². The van der Waals surface area contributed by atoms with Crippen molar-refractivity contribution in [2.45, 2.75) is 0 Å². The minimum Gasteiger partial charge on any atom is -0.320 e. The molecular formula is H3O4PS. The third-order valence-electron chi connectivity index (χ3n) is 0.106. The Balaban J connectivity index is 3.48. The second kappa shape index (κ2) is 1.95. The Morgan fingerprint density at radius 2 is 1.67 bits per heavy atom. The Bertz CT molecular complexity index is 71.6. The minimum absolute atomic E-state index is 0.451. The molecule has 0 bridgehead atoms. The van der Waals surface area contributed by atoms with E-state index in [1.807, 2.05) is 0 Å². The summed E-state index contributed by atoms with van der Waals surface area (Å²) < 4.78 is 17.0. The summed E-state index contributed by atoms with van der Waals surface area (Å²) in [6.45, 7) is -4.17. The van der Waals surface area contributed by atoms with Gasteiger partial charge in [0, 0.05) is 0 Å². The molecule has 4 nitrogen and oxygen atoms in total. The lowest BCUT2D eigenvalue weighted by Crippen LogP contribution is -1.62. The predicted molar refractivity (Wildman–Crippen MR) is 22.3 cm³/mol. The fourth-order valence-corrected chi connectivity index (χ4v) is 0. The maximum Gasteiger partial charge on any atom is 0.410 e. The van der Waals surface area contributed by atoms with E-state index >= 15 is 0 Å². The Hall–Kier alpha value is 0.460. The van der Waals surface area contributed by atoms with Gasteiger partial charge in [-0.15, -0.1) is 0 Å². The van der Waals surface area contributed by atoms with E-state index in [1.54, 1.807) is 0 Å². The molecule has 0 aromatic carbocycles. The molecule has 0 unspecified atom stereocenters. The van der Waals surface area contributed by atoms with Crippen LogP contribution in [-0.2, 0) is 4.57 Å². The summed E-state index contributed by atoms with van der Waals surface area (Å²) >= 11 is -0.451. The average Bonchev–Trinajstić information content (AvgIpc) is 1.35. The highest BCUT2D eigenvalue weighted by Crippen LogP contribution is 2.47. The maximum atomic E-state index is 9.41. The van der Waals surface area contributed by atoms with Crippen molar-refractivity contribution < 1.29 is 18.9 Å². The third-order valence-corrected chi connectivity index (χ3v) is 0.957. The normalized spacial score (nSPS) is 11.8. The lowest BCUT2D eigenvalue weighted by molar-refractivity contribution is 0.393. The summed E-state index contributed by atoms with van der Waals surface area (Å²) in [6.07, 6.45) is 0. The van der Waals surface area contributed by atoms with Crippen LogP contribution in [-0.4, -0.2) is 14.3 Å². The standard InChI is InChI=1S/H3O4PS/c1-5(2,3)6-4/h4H,(H2,1,2,3). The topological polar surface area (TPSA) is 77.8 Å². The van der Waals surface area contributed by atoms with Crippen molar-refractivity contribution in [3.05, 3.63) is 0 Å². The smallest absolute Gasteiger partial charge is 0.320 e. The molecule has 38 valence electrons. The van der Waals surface area contributed by atoms with Crippen LogP contribution in [0.2, 0.25) is 0 Å². The molecule has 0 saturated heterocycles. The first-order valence-corrected chi connectivity index (χ1v) is 3.94. The number of rotatable bonds is 1. The molecule has 0 amide bonds. The van der Waals surface area contributed by atoms with Crippen LogP contribution in [0.15, 0.2) is 0 Å². The van der Waals surface area contributed by atoms with Gasteiger partial charge in [-0.05, 0) is 0 Å². The van der Waals surface area contributed by atoms with Gasteiger partial charge in [0.05, 0.1) is 0 Å². The number of hydrogen-bond acceptors (Lipinski definition) is 3. The Morgan fingerprint density at radius 1 is 1.50 bits per heavy atom. The van der Waals surface area contributed by atoms with Gasteiger partial charge >= 0.3 is 6.80 Å². The first-order chi connectivity index (χ1) is 2.56. The molecule has 0 atom stereocenters. The quantitative estimate of drug-likeness (QED) is 0.351. The van der Waals surface area contributed by atoms with Gasteiger partial charge in [-0.2, -0.15) is 0 Å². The lowest BCUT2D eigenvalue weighted by Gasteiger charge is -1.89. The van der Waals surface area contributed by atoms with E-state index < -0.39 is 18.5 Å². The lowest BCUT2D eigenvalue weighted by atomic mass is 15.8. The molecule has 0 rings (SSSR count). The number of hydrogen-bond donors (Lipinski definition) is 3. The predicted octanol–water partition coefficient (Wildman–Crippen LogP) is 0.285. The molecular weight excluding hydrogens is 127 g/mol. The monoisotopic (exact) mass is 130 g/mol. The van der Waals surface area contributed by atoms with Gasteiger partial charge in [-0.1, -0.05) is 0 Å². The van der Waals surface area contributed by atoms with Crippen LogP contribution in [0.4, 0.5) is 0 Å². The zero-order valence-corrected chi connectivity index (χ0v) is 4.32. The van der Waals surface area contributed by atoms with Crippen LogP contribution in [0.5, 0.6) is 0 Å². The van der Waals surface area contributed by atoms with E-state index in [2.05, 4.69) is 0 Å². The molecule has 3 N–H and O–H groups in total. The van der Waals surface area contributed by atoms with Crippen LogP contribution >= 0.6 is 18.5 Å². The fraction of sp³-hybridized carbons (Fsp3) is 0. The summed E-state index contributed by atoms with van der Waals surface area (Å²) in [6, 6.07) is 0. The van der Waals surface area contributed by atoms with E-state index in [1.165, 1.54) is 0 Å². The first-order valence-electron chi connectivity index (χ1n) is 0.948. The SMILES string of the molecule is O=P(O)(O)SO. The van der Waals surface area contributed by atoms with Crippen molar-refractivity contribution >= 4 is 18.5 Å². The van der Waals surface area contributed by atoms with Crippen molar-refractivity contribution in [1.82, 2.24) is 0 Å². The fourth-order valence-electron chi connectivity index (χ4n) is 0. The largest absolute Gasteiger partial charge is 0.410 e. The molecule has 0 saturated carbocycles. The average molecular weight is 130 g/mol. The zero-order valence-electron chi connectivity index (χ0n) is 2.61.